The smallest absolute Gasteiger partial charge is 0.167 e. The predicted molar refractivity (Wildman–Crippen MR) is 72.5 cm³/mol. The van der Waals surface area contributed by atoms with E-state index >= 15 is 0 Å². The summed E-state index contributed by atoms with van der Waals surface area (Å²) < 4.78 is 38.5. The Morgan fingerprint density at radius 1 is 1.48 bits per heavy atom. The molecule has 3 heterocycles. The normalized spacial score (nSPS) is 37.8. The average molecular weight is 299 g/mol. The van der Waals surface area contributed by atoms with Crippen LogP contribution in [0.5, 0.6) is 0 Å². The Labute approximate surface area is 125 Å². The summed E-state index contributed by atoms with van der Waals surface area (Å²) in [6.45, 7) is -0.795. The van der Waals surface area contributed by atoms with Gasteiger partial charge in [0.15, 0.2) is 17.0 Å². The van der Waals surface area contributed by atoms with Crippen LogP contribution in [-0.4, -0.2) is 66.8 Å². The van der Waals surface area contributed by atoms with E-state index in [0.29, 0.717) is 0 Å². The first kappa shape index (κ1) is 10.0. The Balaban J connectivity index is 2.13. The molecule has 0 bridgehead atoms. The lowest BCUT2D eigenvalue weighted by Crippen LogP contribution is -2.24. The van der Waals surface area contributed by atoms with Crippen molar-refractivity contribution < 1.29 is 25.5 Å². The lowest BCUT2D eigenvalue weighted by molar-refractivity contribution is -0.0432. The Hall–Kier alpha value is -1.81. The highest BCUT2D eigenvalue weighted by Gasteiger charge is 2.35. The van der Waals surface area contributed by atoms with E-state index < -0.39 is 31.4 Å². The quantitative estimate of drug-likeness (QED) is 0.546. The Morgan fingerprint density at radius 2 is 2.33 bits per heavy atom. The van der Waals surface area contributed by atoms with Crippen molar-refractivity contribution in [2.75, 3.05) is 25.1 Å². The fourth-order valence-electron chi connectivity index (χ4n) is 1.94. The highest BCUT2D eigenvalue weighted by Crippen LogP contribution is 2.31. The van der Waals surface area contributed by atoms with Crippen molar-refractivity contribution in [3.63, 3.8) is 0 Å². The summed E-state index contributed by atoms with van der Waals surface area (Å²) in [7, 11) is 0. The van der Waals surface area contributed by atoms with Gasteiger partial charge in [-0.25, -0.2) is 15.0 Å². The highest BCUT2D eigenvalue weighted by atomic mass is 16.5. The van der Waals surface area contributed by atoms with Crippen molar-refractivity contribution in [3.05, 3.63) is 12.7 Å². The number of nitrogens with zero attached hydrogens (tertiary/aromatic N) is 4. The monoisotopic (exact) mass is 299 g/mol. The van der Waals surface area contributed by atoms with Gasteiger partial charge in [0.2, 0.25) is 0 Å². The van der Waals surface area contributed by atoms with Crippen molar-refractivity contribution in [2.24, 2.45) is 0 Å². The van der Waals surface area contributed by atoms with Gasteiger partial charge in [0.05, 0.1) is 28.4 Å². The predicted octanol–water partition coefficient (Wildman–Crippen LogP) is -1.13. The van der Waals surface area contributed by atoms with Crippen molar-refractivity contribution in [1.29, 1.82) is 0 Å². The van der Waals surface area contributed by atoms with Crippen LogP contribution >= 0.6 is 0 Å². The summed E-state index contributed by atoms with van der Waals surface area (Å²) in [4.78, 5) is 12.0. The van der Waals surface area contributed by atoms with Crippen molar-refractivity contribution in [3.8, 4) is 0 Å². The molecule has 0 saturated carbocycles. The van der Waals surface area contributed by atoms with E-state index in [4.69, 9.17) is 15.3 Å². The minimum atomic E-state index is -2.91. The van der Waals surface area contributed by atoms with Gasteiger partial charge in [-0.2, -0.15) is 0 Å². The maximum absolute atomic E-state index is 10.1. The topological polar surface area (TPSA) is 126 Å². The molecule has 9 nitrogen and oxygen atoms in total. The van der Waals surface area contributed by atoms with E-state index in [1.165, 1.54) is 0 Å². The molecule has 0 aliphatic carbocycles. The van der Waals surface area contributed by atoms with Gasteiger partial charge in [0, 0.05) is 15.7 Å². The number of imidazole rings is 1. The molecule has 1 saturated heterocycles. The number of anilines is 1. The van der Waals surface area contributed by atoms with Crippen LogP contribution in [0.1, 0.15) is 18.1 Å². The largest absolute Gasteiger partial charge is 0.395 e. The minimum absolute atomic E-state index is 0.0312. The minimum Gasteiger partial charge on any atom is -0.395 e. The van der Waals surface area contributed by atoms with Gasteiger partial charge in [-0.1, -0.05) is 0 Å². The van der Waals surface area contributed by atoms with E-state index in [1.807, 2.05) is 0 Å². The first-order valence-electron chi connectivity index (χ1n) is 8.25. The fraction of sp³-hybridized carbons (Fsp3) is 0.583. The Kier molecular flexibility index (Phi) is 2.81. The summed E-state index contributed by atoms with van der Waals surface area (Å²) >= 11 is 0. The highest BCUT2D eigenvalue weighted by molar-refractivity contribution is 5.82. The van der Waals surface area contributed by atoms with E-state index in [2.05, 4.69) is 20.3 Å². The van der Waals surface area contributed by atoms with Gasteiger partial charge in [0.25, 0.3) is 0 Å². The van der Waals surface area contributed by atoms with Crippen LogP contribution in [0.15, 0.2) is 12.7 Å². The molecule has 0 unspecified atom stereocenters. The van der Waals surface area contributed by atoms with E-state index in [9.17, 15) is 10.2 Å². The number of hydrogen-bond donors (Lipinski definition) is 4. The van der Waals surface area contributed by atoms with Crippen molar-refractivity contribution in [2.45, 2.75) is 24.8 Å². The zero-order valence-electron chi connectivity index (χ0n) is 14.9. The van der Waals surface area contributed by atoms with Gasteiger partial charge in [-0.05, 0) is 0 Å². The number of hydrogen-bond acceptors (Lipinski definition) is 8. The van der Waals surface area contributed by atoms with Crippen LogP contribution < -0.4 is 5.32 Å². The standard InChI is InChI=1S/C12H17N5O4/c18-2-1-13-11-10-12(15-5-14-11)17(6-16-10)9-3-7(20)8(4-19)21-9/h5-9,18-20H,1-4H2,(H,13,14,15)/t7-,8+,9+/m0/s1/i3D2,7D,9D. The molecular formula is C12H17N5O4. The Morgan fingerprint density at radius 3 is 3.05 bits per heavy atom. The summed E-state index contributed by atoms with van der Waals surface area (Å²) in [5.41, 5.74) is 0.228. The van der Waals surface area contributed by atoms with Crippen LogP contribution in [-0.2, 0) is 4.74 Å². The lowest BCUT2D eigenvalue weighted by Gasteiger charge is -2.13. The molecule has 3 atom stereocenters. The molecule has 114 valence electrons. The second-order valence-corrected chi connectivity index (χ2v) is 4.26. The van der Waals surface area contributed by atoms with E-state index in [-0.39, 0.29) is 30.1 Å². The molecular weight excluding hydrogens is 278 g/mol. The molecule has 2 aromatic rings. The third kappa shape index (κ3) is 2.56. The average Bonchev–Trinajstić information content (AvgIpc) is 3.06. The van der Waals surface area contributed by atoms with E-state index in [1.54, 1.807) is 0 Å². The van der Waals surface area contributed by atoms with Crippen LogP contribution in [0.4, 0.5) is 5.82 Å². The summed E-state index contributed by atoms with van der Waals surface area (Å²) in [5, 5.41) is 31.1. The van der Waals surface area contributed by atoms with Gasteiger partial charge in [-0.3, -0.25) is 4.57 Å². The first-order chi connectivity index (χ1) is 11.7. The third-order valence-electron chi connectivity index (χ3n) is 2.92. The number of nitrogens with one attached hydrogen (secondary N) is 1. The molecule has 1 fully saturated rings. The lowest BCUT2D eigenvalue weighted by atomic mass is 10.2. The molecule has 0 aromatic carbocycles. The number of ether oxygens (including phenoxy) is 1. The number of fused-ring (bicyclic) bond motifs is 1. The first-order valence-corrected chi connectivity index (χ1v) is 6.25. The number of aliphatic hydroxyl groups excluding tert-OH is 2. The summed E-state index contributed by atoms with van der Waals surface area (Å²) in [6.07, 6.45) is -7.75. The second-order valence-electron chi connectivity index (χ2n) is 4.26. The number of aliphatic hydroxyl groups is 3. The fourth-order valence-corrected chi connectivity index (χ4v) is 1.94. The van der Waals surface area contributed by atoms with E-state index in [0.717, 1.165) is 17.2 Å². The third-order valence-corrected chi connectivity index (χ3v) is 2.92. The SMILES string of the molecule is [2H]C1([2H])[C@]([2H])(n2cnc3c(NCCO)ncnc32)O[C@H](CO)[C@@]1([2H])O. The van der Waals surface area contributed by atoms with Crippen LogP contribution in [0.2, 0.25) is 0 Å². The number of aromatic nitrogens is 4. The molecule has 0 amide bonds. The van der Waals surface area contributed by atoms with Crippen molar-refractivity contribution >= 4 is 17.0 Å². The van der Waals surface area contributed by atoms with Gasteiger partial charge in [-0.15, -0.1) is 0 Å². The molecule has 1 aliphatic heterocycles. The molecule has 0 radical (unpaired) electrons. The summed E-state index contributed by atoms with van der Waals surface area (Å²) in [6, 6.07) is 0. The molecule has 1 aliphatic rings. The Bertz CT molecular complexity index is 788. The van der Waals surface area contributed by atoms with Gasteiger partial charge >= 0.3 is 0 Å². The molecule has 21 heavy (non-hydrogen) atoms. The van der Waals surface area contributed by atoms with Crippen molar-refractivity contribution in [1.82, 2.24) is 19.5 Å². The molecule has 0 spiro atoms. The molecule has 3 rings (SSSR count). The summed E-state index contributed by atoms with van der Waals surface area (Å²) in [5.74, 6) is 0.264. The molecule has 9 heteroatoms. The maximum Gasteiger partial charge on any atom is 0.167 e. The van der Waals surface area contributed by atoms with Crippen LogP contribution in [0.3, 0.4) is 0 Å². The zero-order chi connectivity index (χ0) is 18.5. The van der Waals surface area contributed by atoms with Crippen LogP contribution in [0.25, 0.3) is 11.2 Å². The second kappa shape index (κ2) is 5.90. The van der Waals surface area contributed by atoms with Crippen LogP contribution in [0, 0.1) is 0 Å². The molecule has 2 aromatic heterocycles. The van der Waals surface area contributed by atoms with Gasteiger partial charge < -0.3 is 25.4 Å². The zero-order valence-corrected chi connectivity index (χ0v) is 10.9. The maximum atomic E-state index is 10.1. The van der Waals surface area contributed by atoms with Gasteiger partial charge in [0.1, 0.15) is 18.6 Å². The number of rotatable bonds is 5. The molecule has 4 N–H and O–H groups in total.